The summed E-state index contributed by atoms with van der Waals surface area (Å²) in [5, 5.41) is 3.40. The SMILES string of the molecule is CCNC(C)Cc1cc(OC)ccc1Br. The third-order valence-corrected chi connectivity index (χ3v) is 3.11. The number of nitrogens with one attached hydrogen (secondary N) is 1. The van der Waals surface area contributed by atoms with E-state index < -0.39 is 0 Å². The average Bonchev–Trinajstić information content (AvgIpc) is 2.21. The largest absolute Gasteiger partial charge is 0.497 e. The summed E-state index contributed by atoms with van der Waals surface area (Å²) in [5.41, 5.74) is 1.28. The van der Waals surface area contributed by atoms with Crippen LogP contribution in [0.4, 0.5) is 0 Å². The van der Waals surface area contributed by atoms with E-state index >= 15 is 0 Å². The van der Waals surface area contributed by atoms with Crippen molar-refractivity contribution in [3.05, 3.63) is 28.2 Å². The first-order valence-electron chi connectivity index (χ1n) is 5.23. The van der Waals surface area contributed by atoms with Crippen LogP contribution >= 0.6 is 15.9 Å². The summed E-state index contributed by atoms with van der Waals surface area (Å²) in [7, 11) is 1.70. The average molecular weight is 272 g/mol. The third-order valence-electron chi connectivity index (χ3n) is 2.33. The van der Waals surface area contributed by atoms with Crippen LogP contribution in [0.3, 0.4) is 0 Å². The minimum atomic E-state index is 0.485. The van der Waals surface area contributed by atoms with Crippen LogP contribution in [0.15, 0.2) is 22.7 Å². The van der Waals surface area contributed by atoms with Gasteiger partial charge in [0.15, 0.2) is 0 Å². The number of ether oxygens (including phenoxy) is 1. The lowest BCUT2D eigenvalue weighted by Crippen LogP contribution is -2.27. The molecule has 15 heavy (non-hydrogen) atoms. The van der Waals surface area contributed by atoms with E-state index in [9.17, 15) is 0 Å². The summed E-state index contributed by atoms with van der Waals surface area (Å²) < 4.78 is 6.36. The van der Waals surface area contributed by atoms with Gasteiger partial charge in [-0.25, -0.2) is 0 Å². The maximum Gasteiger partial charge on any atom is 0.119 e. The second-order valence-corrected chi connectivity index (χ2v) is 4.47. The van der Waals surface area contributed by atoms with Crippen molar-refractivity contribution in [3.8, 4) is 5.75 Å². The minimum absolute atomic E-state index is 0.485. The first-order chi connectivity index (χ1) is 7.17. The molecular formula is C12H18BrNO. The van der Waals surface area contributed by atoms with E-state index in [0.717, 1.165) is 23.2 Å². The molecule has 1 aromatic rings. The van der Waals surface area contributed by atoms with Gasteiger partial charge in [0.25, 0.3) is 0 Å². The fourth-order valence-corrected chi connectivity index (χ4v) is 1.99. The monoisotopic (exact) mass is 271 g/mol. The molecular weight excluding hydrogens is 254 g/mol. The molecule has 84 valence electrons. The summed E-state index contributed by atoms with van der Waals surface area (Å²) in [6.07, 6.45) is 1.01. The third kappa shape index (κ3) is 3.84. The van der Waals surface area contributed by atoms with E-state index in [2.05, 4.69) is 41.2 Å². The van der Waals surface area contributed by atoms with Gasteiger partial charge in [0, 0.05) is 10.5 Å². The fourth-order valence-electron chi connectivity index (χ4n) is 1.59. The predicted molar refractivity (Wildman–Crippen MR) is 67.5 cm³/mol. The van der Waals surface area contributed by atoms with Crippen LogP contribution in [0.1, 0.15) is 19.4 Å². The van der Waals surface area contributed by atoms with Crippen LogP contribution in [-0.2, 0) is 6.42 Å². The zero-order valence-corrected chi connectivity index (χ0v) is 11.1. The Hall–Kier alpha value is -0.540. The molecule has 0 saturated heterocycles. The molecule has 2 nitrogen and oxygen atoms in total. The van der Waals surface area contributed by atoms with E-state index in [1.165, 1.54) is 5.56 Å². The van der Waals surface area contributed by atoms with Gasteiger partial charge in [0.2, 0.25) is 0 Å². The molecule has 0 aliphatic rings. The molecule has 1 unspecified atom stereocenters. The molecule has 0 saturated carbocycles. The summed E-state index contributed by atoms with van der Waals surface area (Å²) >= 11 is 3.56. The fraction of sp³-hybridized carbons (Fsp3) is 0.500. The van der Waals surface area contributed by atoms with Gasteiger partial charge < -0.3 is 10.1 Å². The maximum absolute atomic E-state index is 5.21. The van der Waals surface area contributed by atoms with E-state index in [-0.39, 0.29) is 0 Å². The van der Waals surface area contributed by atoms with Crippen LogP contribution in [0.5, 0.6) is 5.75 Å². The zero-order valence-electron chi connectivity index (χ0n) is 9.51. The highest BCUT2D eigenvalue weighted by atomic mass is 79.9. The van der Waals surface area contributed by atoms with Crippen molar-refractivity contribution < 1.29 is 4.74 Å². The van der Waals surface area contributed by atoms with Crippen molar-refractivity contribution in [2.75, 3.05) is 13.7 Å². The van der Waals surface area contributed by atoms with Crippen molar-refractivity contribution in [1.82, 2.24) is 5.32 Å². The van der Waals surface area contributed by atoms with Gasteiger partial charge in [-0.1, -0.05) is 22.9 Å². The lowest BCUT2D eigenvalue weighted by Gasteiger charge is -2.14. The van der Waals surface area contributed by atoms with Crippen LogP contribution < -0.4 is 10.1 Å². The molecule has 0 amide bonds. The Labute approximate surface area is 100 Å². The predicted octanol–water partition coefficient (Wildman–Crippen LogP) is 3.00. The van der Waals surface area contributed by atoms with Gasteiger partial charge >= 0.3 is 0 Å². The van der Waals surface area contributed by atoms with Crippen LogP contribution in [0.2, 0.25) is 0 Å². The van der Waals surface area contributed by atoms with Crippen molar-refractivity contribution >= 4 is 15.9 Å². The van der Waals surface area contributed by atoms with Gasteiger partial charge in [-0.3, -0.25) is 0 Å². The molecule has 1 atom stereocenters. The van der Waals surface area contributed by atoms with Gasteiger partial charge in [0.1, 0.15) is 5.75 Å². The van der Waals surface area contributed by atoms with E-state index in [0.29, 0.717) is 6.04 Å². The van der Waals surface area contributed by atoms with Crippen LogP contribution in [-0.4, -0.2) is 19.7 Å². The van der Waals surface area contributed by atoms with Crippen LogP contribution in [0, 0.1) is 0 Å². The summed E-state index contributed by atoms with van der Waals surface area (Å²) in [5.74, 6) is 0.914. The molecule has 0 radical (unpaired) electrons. The molecule has 0 aromatic heterocycles. The van der Waals surface area contributed by atoms with Gasteiger partial charge in [-0.2, -0.15) is 0 Å². The van der Waals surface area contributed by atoms with E-state index in [1.807, 2.05) is 12.1 Å². The first kappa shape index (κ1) is 12.5. The van der Waals surface area contributed by atoms with Crippen molar-refractivity contribution in [2.24, 2.45) is 0 Å². The highest BCUT2D eigenvalue weighted by molar-refractivity contribution is 9.10. The Balaban J connectivity index is 2.74. The standard InChI is InChI=1S/C12H18BrNO/c1-4-14-9(2)7-10-8-11(15-3)5-6-12(10)13/h5-6,8-9,14H,4,7H2,1-3H3. The Morgan fingerprint density at radius 2 is 2.20 bits per heavy atom. The second-order valence-electron chi connectivity index (χ2n) is 3.62. The number of rotatable bonds is 5. The minimum Gasteiger partial charge on any atom is -0.497 e. The normalized spacial score (nSPS) is 12.5. The van der Waals surface area contributed by atoms with Crippen molar-refractivity contribution in [3.63, 3.8) is 0 Å². The molecule has 0 heterocycles. The number of benzene rings is 1. The first-order valence-corrected chi connectivity index (χ1v) is 6.02. The van der Waals surface area contributed by atoms with Gasteiger partial charge in [-0.15, -0.1) is 0 Å². The van der Waals surface area contributed by atoms with E-state index in [4.69, 9.17) is 4.74 Å². The summed E-state index contributed by atoms with van der Waals surface area (Å²) in [6.45, 7) is 5.31. The number of hydrogen-bond donors (Lipinski definition) is 1. The van der Waals surface area contributed by atoms with Crippen molar-refractivity contribution in [1.29, 1.82) is 0 Å². The van der Waals surface area contributed by atoms with Gasteiger partial charge in [0.05, 0.1) is 7.11 Å². The Kier molecular flexibility index (Phi) is 5.12. The number of hydrogen-bond acceptors (Lipinski definition) is 2. The molecule has 0 aliphatic carbocycles. The maximum atomic E-state index is 5.21. The summed E-state index contributed by atoms with van der Waals surface area (Å²) in [4.78, 5) is 0. The number of methoxy groups -OCH3 is 1. The van der Waals surface area contributed by atoms with Gasteiger partial charge in [-0.05, 0) is 43.7 Å². The molecule has 1 N–H and O–H groups in total. The molecule has 0 aliphatic heterocycles. The second kappa shape index (κ2) is 6.13. The van der Waals surface area contributed by atoms with Crippen molar-refractivity contribution in [2.45, 2.75) is 26.3 Å². The molecule has 0 bridgehead atoms. The van der Waals surface area contributed by atoms with E-state index in [1.54, 1.807) is 7.11 Å². The molecule has 0 spiro atoms. The smallest absolute Gasteiger partial charge is 0.119 e. The highest BCUT2D eigenvalue weighted by Crippen LogP contribution is 2.23. The quantitative estimate of drug-likeness (QED) is 0.889. The molecule has 3 heteroatoms. The summed E-state index contributed by atoms with van der Waals surface area (Å²) in [6, 6.07) is 6.56. The number of halogens is 1. The Morgan fingerprint density at radius 3 is 2.80 bits per heavy atom. The van der Waals surface area contributed by atoms with Crippen LogP contribution in [0.25, 0.3) is 0 Å². The molecule has 1 rings (SSSR count). The molecule has 0 fully saturated rings. The Bertz CT molecular complexity index is 314. The lowest BCUT2D eigenvalue weighted by atomic mass is 10.1. The highest BCUT2D eigenvalue weighted by Gasteiger charge is 2.06. The zero-order chi connectivity index (χ0) is 11.3. The molecule has 1 aromatic carbocycles. The Morgan fingerprint density at radius 1 is 1.47 bits per heavy atom. The number of likely N-dealkylation sites (N-methyl/N-ethyl adjacent to an activating group) is 1. The topological polar surface area (TPSA) is 21.3 Å². The lowest BCUT2D eigenvalue weighted by molar-refractivity contribution is 0.414.